The number of thioether (sulfide) groups is 1. The molecule has 0 heterocycles. The summed E-state index contributed by atoms with van der Waals surface area (Å²) in [7, 11) is 0. The maximum atomic E-state index is 10.9. The molecule has 0 N–H and O–H groups in total. The van der Waals surface area contributed by atoms with Gasteiger partial charge >= 0.3 is 0 Å². The fraction of sp³-hybridized carbons (Fsp3) is 0.235. The lowest BCUT2D eigenvalue weighted by atomic mass is 10.0. The fourth-order valence-corrected chi connectivity index (χ4v) is 2.49. The van der Waals surface area contributed by atoms with Gasteiger partial charge in [0.15, 0.2) is 5.12 Å². The van der Waals surface area contributed by atoms with E-state index in [1.807, 2.05) is 37.3 Å². The van der Waals surface area contributed by atoms with Gasteiger partial charge in [-0.25, -0.2) is 0 Å². The van der Waals surface area contributed by atoms with Gasteiger partial charge in [-0.05, 0) is 23.8 Å². The van der Waals surface area contributed by atoms with Crippen LogP contribution in [0.2, 0.25) is 0 Å². The average molecular weight is 286 g/mol. The van der Waals surface area contributed by atoms with E-state index in [1.165, 1.54) is 22.5 Å². The summed E-state index contributed by atoms with van der Waals surface area (Å²) in [6.45, 7) is 4.21. The highest BCUT2D eigenvalue weighted by atomic mass is 32.2. The highest BCUT2D eigenvalue weighted by Crippen LogP contribution is 2.29. The lowest BCUT2D eigenvalue weighted by Gasteiger charge is -2.10. The molecule has 2 aromatic carbocycles. The van der Waals surface area contributed by atoms with Crippen molar-refractivity contribution < 1.29 is 9.53 Å². The number of hydrogen-bond acceptors (Lipinski definition) is 3. The van der Waals surface area contributed by atoms with Crippen molar-refractivity contribution in [1.82, 2.24) is 0 Å². The van der Waals surface area contributed by atoms with Crippen LogP contribution in [0.15, 0.2) is 42.5 Å². The van der Waals surface area contributed by atoms with Gasteiger partial charge in [-0.1, -0.05) is 54.2 Å². The van der Waals surface area contributed by atoms with E-state index in [0.29, 0.717) is 12.4 Å². The largest absolute Gasteiger partial charge is 0.493 e. The normalized spacial score (nSPS) is 11.1. The van der Waals surface area contributed by atoms with E-state index in [2.05, 4.69) is 18.2 Å². The summed E-state index contributed by atoms with van der Waals surface area (Å²) in [5, 5.41) is 2.50. The number of ether oxygens (including phenoxy) is 1. The second kappa shape index (κ2) is 7.15. The molecule has 2 rings (SSSR count). The van der Waals surface area contributed by atoms with Crippen LogP contribution < -0.4 is 4.74 Å². The predicted molar refractivity (Wildman–Crippen MR) is 87.3 cm³/mol. The molecule has 2 aromatic rings. The van der Waals surface area contributed by atoms with Crippen molar-refractivity contribution in [2.45, 2.75) is 13.8 Å². The molecule has 0 unspecified atom stereocenters. The highest BCUT2D eigenvalue weighted by Gasteiger charge is 2.05. The molecule has 0 bridgehead atoms. The van der Waals surface area contributed by atoms with Crippen LogP contribution in [-0.2, 0) is 4.79 Å². The molecule has 104 valence electrons. The first-order valence-corrected chi connectivity index (χ1v) is 7.65. The summed E-state index contributed by atoms with van der Waals surface area (Å²) in [4.78, 5) is 10.9. The molecule has 20 heavy (non-hydrogen) atoms. The lowest BCUT2D eigenvalue weighted by molar-refractivity contribution is -0.109. The monoisotopic (exact) mass is 286 g/mol. The predicted octanol–water partition coefficient (Wildman–Crippen LogP) is 4.53. The Morgan fingerprint density at radius 1 is 1.25 bits per heavy atom. The van der Waals surface area contributed by atoms with Crippen LogP contribution in [0, 0.1) is 0 Å². The fourth-order valence-electron chi connectivity index (χ4n) is 2.06. The minimum Gasteiger partial charge on any atom is -0.493 e. The van der Waals surface area contributed by atoms with Gasteiger partial charge in [-0.3, -0.25) is 4.79 Å². The molecule has 0 aromatic heterocycles. The second-order valence-electron chi connectivity index (χ2n) is 4.34. The molecule has 3 heteroatoms. The first-order chi connectivity index (χ1) is 9.72. The molecule has 0 spiro atoms. The van der Waals surface area contributed by atoms with Gasteiger partial charge in [0.2, 0.25) is 0 Å². The molecule has 0 aliphatic rings. The van der Waals surface area contributed by atoms with Gasteiger partial charge in [0.1, 0.15) is 5.75 Å². The molecule has 0 saturated carbocycles. The van der Waals surface area contributed by atoms with Gasteiger partial charge in [-0.2, -0.15) is 0 Å². The quantitative estimate of drug-likeness (QED) is 0.807. The molecular weight excluding hydrogens is 268 g/mol. The highest BCUT2D eigenvalue weighted by molar-refractivity contribution is 8.13. The minimum atomic E-state index is 0.137. The summed E-state index contributed by atoms with van der Waals surface area (Å²) in [5.74, 6) is 1.57. The van der Waals surface area contributed by atoms with E-state index in [9.17, 15) is 4.79 Å². The Kier molecular flexibility index (Phi) is 5.24. The van der Waals surface area contributed by atoms with Gasteiger partial charge in [0, 0.05) is 18.2 Å². The zero-order valence-electron chi connectivity index (χ0n) is 11.8. The summed E-state index contributed by atoms with van der Waals surface area (Å²) < 4.78 is 5.70. The summed E-state index contributed by atoms with van der Waals surface area (Å²) >= 11 is 1.31. The number of fused-ring (bicyclic) bond motifs is 1. The number of carbonyl (C=O) groups is 1. The number of rotatable bonds is 5. The Morgan fingerprint density at radius 3 is 2.80 bits per heavy atom. The van der Waals surface area contributed by atoms with Gasteiger partial charge < -0.3 is 4.74 Å². The topological polar surface area (TPSA) is 26.3 Å². The molecule has 0 amide bonds. The minimum absolute atomic E-state index is 0.137. The van der Waals surface area contributed by atoms with Crippen molar-refractivity contribution in [3.8, 4) is 5.75 Å². The van der Waals surface area contributed by atoms with Crippen molar-refractivity contribution in [2.24, 2.45) is 0 Å². The van der Waals surface area contributed by atoms with E-state index in [-0.39, 0.29) is 5.12 Å². The zero-order chi connectivity index (χ0) is 14.4. The van der Waals surface area contributed by atoms with E-state index < -0.39 is 0 Å². The Morgan fingerprint density at radius 2 is 2.05 bits per heavy atom. The van der Waals surface area contributed by atoms with Crippen LogP contribution in [0.3, 0.4) is 0 Å². The molecule has 0 aliphatic carbocycles. The lowest BCUT2D eigenvalue weighted by Crippen LogP contribution is -1.94. The number of benzene rings is 2. The summed E-state index contributed by atoms with van der Waals surface area (Å²) in [5.41, 5.74) is 1.08. The Hall–Kier alpha value is -1.74. The van der Waals surface area contributed by atoms with E-state index in [1.54, 1.807) is 6.92 Å². The maximum absolute atomic E-state index is 10.9. The van der Waals surface area contributed by atoms with Crippen molar-refractivity contribution in [2.75, 3.05) is 12.4 Å². The molecular formula is C17H18O2S. The Balaban J connectivity index is 2.36. The maximum Gasteiger partial charge on any atom is 0.186 e. The standard InChI is InChI=1S/C17H18O2S/c1-3-19-17-11-10-14-7-4-5-8-15(14)16(17)9-6-12-20-13(2)18/h4-11H,3,12H2,1-2H3. The third-order valence-corrected chi connectivity index (χ3v) is 3.66. The van der Waals surface area contributed by atoms with Crippen LogP contribution in [-0.4, -0.2) is 17.5 Å². The van der Waals surface area contributed by atoms with Crippen LogP contribution in [0.1, 0.15) is 19.4 Å². The van der Waals surface area contributed by atoms with E-state index >= 15 is 0 Å². The molecule has 0 fully saturated rings. The van der Waals surface area contributed by atoms with Gasteiger partial charge in [0.25, 0.3) is 0 Å². The Labute approximate surface area is 123 Å². The number of hydrogen-bond donors (Lipinski definition) is 0. The first-order valence-electron chi connectivity index (χ1n) is 6.67. The molecule has 0 radical (unpaired) electrons. The SMILES string of the molecule is CCOc1ccc2ccccc2c1C=CCSC(C)=O. The van der Waals surface area contributed by atoms with Crippen molar-refractivity contribution in [1.29, 1.82) is 0 Å². The molecule has 2 nitrogen and oxygen atoms in total. The van der Waals surface area contributed by atoms with E-state index in [0.717, 1.165) is 11.3 Å². The molecule has 0 aliphatic heterocycles. The van der Waals surface area contributed by atoms with Crippen LogP contribution >= 0.6 is 11.8 Å². The van der Waals surface area contributed by atoms with Crippen LogP contribution in [0.4, 0.5) is 0 Å². The molecule has 0 atom stereocenters. The van der Waals surface area contributed by atoms with Crippen molar-refractivity contribution in [3.63, 3.8) is 0 Å². The first kappa shape index (κ1) is 14.7. The average Bonchev–Trinajstić information content (AvgIpc) is 2.45. The van der Waals surface area contributed by atoms with Gasteiger partial charge in [0.05, 0.1) is 6.61 Å². The molecule has 0 saturated heterocycles. The smallest absolute Gasteiger partial charge is 0.186 e. The zero-order valence-corrected chi connectivity index (χ0v) is 12.6. The third-order valence-electron chi connectivity index (χ3n) is 2.90. The van der Waals surface area contributed by atoms with Crippen molar-refractivity contribution in [3.05, 3.63) is 48.0 Å². The number of carbonyl (C=O) groups excluding carboxylic acids is 1. The second-order valence-corrected chi connectivity index (χ2v) is 5.53. The summed E-state index contributed by atoms with van der Waals surface area (Å²) in [6.07, 6.45) is 4.06. The van der Waals surface area contributed by atoms with Gasteiger partial charge in [-0.15, -0.1) is 0 Å². The van der Waals surface area contributed by atoms with Crippen molar-refractivity contribution >= 4 is 33.7 Å². The van der Waals surface area contributed by atoms with Crippen LogP contribution in [0.5, 0.6) is 5.75 Å². The summed E-state index contributed by atoms with van der Waals surface area (Å²) in [6, 6.07) is 12.3. The van der Waals surface area contributed by atoms with Crippen LogP contribution in [0.25, 0.3) is 16.8 Å². The Bertz CT molecular complexity index is 632. The van der Waals surface area contributed by atoms with E-state index in [4.69, 9.17) is 4.74 Å². The third kappa shape index (κ3) is 3.64.